The molecule has 0 radical (unpaired) electrons. The van der Waals surface area contributed by atoms with Crippen LogP contribution in [0.3, 0.4) is 0 Å². The van der Waals surface area contributed by atoms with Gasteiger partial charge in [-0.2, -0.15) is 5.10 Å². The van der Waals surface area contributed by atoms with Crippen LogP contribution in [0.5, 0.6) is 0 Å². The maximum atomic E-state index is 11.9. The molecule has 2 heterocycles. The standard InChI is InChI=1S/C13H19N3O3/c1-8-10(9(2)15(3)14-8)4-5-13(19)16-6-11(17)12(18)7-16/h4-5,11-12,17-18H,6-7H2,1-3H3/t11-,12+. The van der Waals surface area contributed by atoms with Crippen molar-refractivity contribution in [1.82, 2.24) is 14.7 Å². The molecular weight excluding hydrogens is 246 g/mol. The molecule has 6 nitrogen and oxygen atoms in total. The lowest BCUT2D eigenvalue weighted by Crippen LogP contribution is -2.27. The minimum Gasteiger partial charge on any atom is -0.388 e. The van der Waals surface area contributed by atoms with Crippen molar-refractivity contribution in [1.29, 1.82) is 0 Å². The third-order valence-electron chi connectivity index (χ3n) is 3.53. The summed E-state index contributed by atoms with van der Waals surface area (Å²) in [6.07, 6.45) is 1.50. The minimum absolute atomic E-state index is 0.176. The van der Waals surface area contributed by atoms with Gasteiger partial charge in [-0.15, -0.1) is 0 Å². The van der Waals surface area contributed by atoms with Crippen LogP contribution >= 0.6 is 0 Å². The van der Waals surface area contributed by atoms with Crippen LogP contribution in [0.4, 0.5) is 0 Å². The molecule has 104 valence electrons. The summed E-state index contributed by atoms with van der Waals surface area (Å²) in [5.41, 5.74) is 2.78. The van der Waals surface area contributed by atoms with Crippen LogP contribution in [-0.4, -0.2) is 56.1 Å². The number of amides is 1. The summed E-state index contributed by atoms with van der Waals surface area (Å²) in [5.74, 6) is -0.210. The molecule has 0 aliphatic carbocycles. The van der Waals surface area contributed by atoms with E-state index in [1.54, 1.807) is 10.8 Å². The van der Waals surface area contributed by atoms with E-state index in [1.807, 2.05) is 20.9 Å². The Morgan fingerprint density at radius 2 is 1.89 bits per heavy atom. The zero-order chi connectivity index (χ0) is 14.2. The molecule has 1 aliphatic rings. The van der Waals surface area contributed by atoms with Gasteiger partial charge < -0.3 is 15.1 Å². The Morgan fingerprint density at radius 1 is 1.32 bits per heavy atom. The van der Waals surface area contributed by atoms with Gasteiger partial charge in [-0.25, -0.2) is 0 Å². The number of rotatable bonds is 2. The number of carbonyl (C=O) groups is 1. The SMILES string of the molecule is Cc1nn(C)c(C)c1C=CC(=O)N1C[C@@H](O)[C@@H](O)C1. The molecule has 0 unspecified atom stereocenters. The van der Waals surface area contributed by atoms with Crippen molar-refractivity contribution in [2.75, 3.05) is 13.1 Å². The lowest BCUT2D eigenvalue weighted by atomic mass is 10.2. The van der Waals surface area contributed by atoms with E-state index in [4.69, 9.17) is 0 Å². The molecule has 1 aromatic rings. The van der Waals surface area contributed by atoms with Crippen molar-refractivity contribution in [3.8, 4) is 0 Å². The van der Waals surface area contributed by atoms with Crippen LogP contribution < -0.4 is 0 Å². The van der Waals surface area contributed by atoms with Crippen molar-refractivity contribution < 1.29 is 15.0 Å². The summed E-state index contributed by atoms with van der Waals surface area (Å²) in [6.45, 7) is 4.18. The van der Waals surface area contributed by atoms with Crippen molar-refractivity contribution in [3.63, 3.8) is 0 Å². The number of aromatic nitrogens is 2. The fourth-order valence-corrected chi connectivity index (χ4v) is 2.24. The first-order valence-corrected chi connectivity index (χ1v) is 6.23. The summed E-state index contributed by atoms with van der Waals surface area (Å²) >= 11 is 0. The van der Waals surface area contributed by atoms with E-state index in [9.17, 15) is 15.0 Å². The summed E-state index contributed by atoms with van der Waals surface area (Å²) in [7, 11) is 1.86. The predicted octanol–water partition coefficient (Wildman–Crippen LogP) is -0.386. The average Bonchev–Trinajstić information content (AvgIpc) is 2.80. The molecular formula is C13H19N3O3. The van der Waals surface area contributed by atoms with Crippen LogP contribution in [0.2, 0.25) is 0 Å². The molecule has 2 rings (SSSR count). The predicted molar refractivity (Wildman–Crippen MR) is 70.3 cm³/mol. The highest BCUT2D eigenvalue weighted by atomic mass is 16.3. The lowest BCUT2D eigenvalue weighted by Gasteiger charge is -2.12. The Morgan fingerprint density at radius 3 is 2.37 bits per heavy atom. The van der Waals surface area contributed by atoms with E-state index in [0.29, 0.717) is 0 Å². The van der Waals surface area contributed by atoms with E-state index in [0.717, 1.165) is 17.0 Å². The molecule has 0 bridgehead atoms. The van der Waals surface area contributed by atoms with Gasteiger partial charge in [0.2, 0.25) is 5.91 Å². The first-order chi connectivity index (χ1) is 8.90. The van der Waals surface area contributed by atoms with Crippen molar-refractivity contribution >= 4 is 12.0 Å². The smallest absolute Gasteiger partial charge is 0.246 e. The first kappa shape index (κ1) is 13.8. The second-order valence-corrected chi connectivity index (χ2v) is 4.92. The number of aliphatic hydroxyl groups excluding tert-OH is 2. The Hall–Kier alpha value is -1.66. The molecule has 0 spiro atoms. The summed E-state index contributed by atoms with van der Waals surface area (Å²) < 4.78 is 1.77. The van der Waals surface area contributed by atoms with Crippen LogP contribution in [0.25, 0.3) is 6.08 Å². The third kappa shape index (κ3) is 2.69. The fraction of sp³-hybridized carbons (Fsp3) is 0.538. The summed E-state index contributed by atoms with van der Waals surface area (Å²) in [5, 5.41) is 23.1. The second kappa shape index (κ2) is 5.14. The van der Waals surface area contributed by atoms with E-state index in [1.165, 1.54) is 11.0 Å². The summed E-state index contributed by atoms with van der Waals surface area (Å²) in [4.78, 5) is 13.4. The molecule has 1 aromatic heterocycles. The normalized spacial score (nSPS) is 23.5. The highest BCUT2D eigenvalue weighted by Gasteiger charge is 2.31. The summed E-state index contributed by atoms with van der Waals surface area (Å²) in [6, 6.07) is 0. The number of hydrogen-bond donors (Lipinski definition) is 2. The van der Waals surface area contributed by atoms with E-state index in [2.05, 4.69) is 5.10 Å². The maximum Gasteiger partial charge on any atom is 0.246 e. The average molecular weight is 265 g/mol. The Kier molecular flexibility index (Phi) is 3.73. The highest BCUT2D eigenvalue weighted by molar-refractivity contribution is 5.92. The number of nitrogens with zero attached hydrogens (tertiary/aromatic N) is 3. The van der Waals surface area contributed by atoms with Crippen molar-refractivity contribution in [2.45, 2.75) is 26.1 Å². The van der Waals surface area contributed by atoms with Crippen LogP contribution in [0, 0.1) is 13.8 Å². The largest absolute Gasteiger partial charge is 0.388 e. The molecule has 2 atom stereocenters. The molecule has 1 saturated heterocycles. The topological polar surface area (TPSA) is 78.6 Å². The first-order valence-electron chi connectivity index (χ1n) is 6.23. The third-order valence-corrected chi connectivity index (χ3v) is 3.53. The van der Waals surface area contributed by atoms with E-state index < -0.39 is 12.2 Å². The van der Waals surface area contributed by atoms with Gasteiger partial charge in [0.05, 0.1) is 17.9 Å². The number of aliphatic hydroxyl groups is 2. The molecule has 6 heteroatoms. The molecule has 1 amide bonds. The van der Waals surface area contributed by atoms with Crippen molar-refractivity contribution in [3.05, 3.63) is 23.0 Å². The molecule has 1 aliphatic heterocycles. The van der Waals surface area contributed by atoms with Gasteiger partial charge >= 0.3 is 0 Å². The van der Waals surface area contributed by atoms with E-state index in [-0.39, 0.29) is 19.0 Å². The van der Waals surface area contributed by atoms with Crippen LogP contribution in [0.1, 0.15) is 17.0 Å². The second-order valence-electron chi connectivity index (χ2n) is 4.92. The zero-order valence-corrected chi connectivity index (χ0v) is 11.4. The van der Waals surface area contributed by atoms with Gasteiger partial charge in [0.25, 0.3) is 0 Å². The van der Waals surface area contributed by atoms with Gasteiger partial charge in [-0.3, -0.25) is 9.48 Å². The molecule has 2 N–H and O–H groups in total. The molecule has 0 aromatic carbocycles. The Bertz CT molecular complexity index is 511. The zero-order valence-electron chi connectivity index (χ0n) is 11.4. The minimum atomic E-state index is -0.848. The van der Waals surface area contributed by atoms with E-state index >= 15 is 0 Å². The Labute approximate surface area is 112 Å². The number of carbonyl (C=O) groups excluding carboxylic acids is 1. The van der Waals surface area contributed by atoms with Gasteiger partial charge in [0, 0.05) is 37.5 Å². The molecule has 19 heavy (non-hydrogen) atoms. The van der Waals surface area contributed by atoms with Gasteiger partial charge in [-0.05, 0) is 19.9 Å². The maximum absolute atomic E-state index is 11.9. The monoisotopic (exact) mass is 265 g/mol. The number of hydrogen-bond acceptors (Lipinski definition) is 4. The van der Waals surface area contributed by atoms with Crippen LogP contribution in [0.15, 0.2) is 6.08 Å². The molecule has 0 saturated carbocycles. The fourth-order valence-electron chi connectivity index (χ4n) is 2.24. The Balaban J connectivity index is 2.09. The quantitative estimate of drug-likeness (QED) is 0.714. The van der Waals surface area contributed by atoms with Gasteiger partial charge in [0.15, 0.2) is 0 Å². The van der Waals surface area contributed by atoms with Gasteiger partial charge in [-0.1, -0.05) is 0 Å². The van der Waals surface area contributed by atoms with Gasteiger partial charge in [0.1, 0.15) is 0 Å². The number of β-amino-alcohol motifs (C(OH)–C–C–N with tert-alkyl or cyclic N) is 2. The van der Waals surface area contributed by atoms with Crippen LogP contribution in [-0.2, 0) is 11.8 Å². The number of likely N-dealkylation sites (tertiary alicyclic amines) is 1. The molecule has 1 fully saturated rings. The highest BCUT2D eigenvalue weighted by Crippen LogP contribution is 2.15. The lowest BCUT2D eigenvalue weighted by molar-refractivity contribution is -0.125. The van der Waals surface area contributed by atoms with Crippen molar-refractivity contribution in [2.24, 2.45) is 7.05 Å². The number of aryl methyl sites for hydroxylation is 2.